The summed E-state index contributed by atoms with van der Waals surface area (Å²) in [6, 6.07) is 0. The number of hydrogen-bond donors (Lipinski definition) is 3. The number of nitrogens with two attached hydrogens (primary N) is 2. The van der Waals surface area contributed by atoms with Crippen LogP contribution in [-0.4, -0.2) is 40.8 Å². The molecule has 0 aliphatic carbocycles. The van der Waals surface area contributed by atoms with E-state index in [0.717, 1.165) is 0 Å². The Balaban J connectivity index is 2.76. The molecule has 7 nitrogen and oxygen atoms in total. The van der Waals surface area contributed by atoms with Crippen molar-refractivity contribution in [2.45, 2.75) is 33.1 Å². The smallest absolute Gasteiger partial charge is 0.236 e. The van der Waals surface area contributed by atoms with Crippen molar-refractivity contribution in [2.75, 3.05) is 13.1 Å². The number of oxime groups is 1. The minimum Gasteiger partial charge on any atom is -0.409 e. The van der Waals surface area contributed by atoms with Gasteiger partial charge in [-0.25, -0.2) is 0 Å². The van der Waals surface area contributed by atoms with Crippen molar-refractivity contribution in [3.63, 3.8) is 0 Å². The Kier molecular flexibility index (Phi) is 4.74. The first-order chi connectivity index (χ1) is 8.86. The van der Waals surface area contributed by atoms with Crippen LogP contribution in [-0.2, 0) is 9.59 Å². The molecule has 108 valence electrons. The molecule has 1 atom stereocenters. The van der Waals surface area contributed by atoms with Gasteiger partial charge in [-0.2, -0.15) is 0 Å². The molecule has 0 saturated carbocycles. The number of nitrogens with zero attached hydrogens (tertiary/aromatic N) is 2. The summed E-state index contributed by atoms with van der Waals surface area (Å²) >= 11 is 0. The largest absolute Gasteiger partial charge is 0.409 e. The van der Waals surface area contributed by atoms with Crippen LogP contribution < -0.4 is 11.5 Å². The fraction of sp³-hybridized carbons (Fsp3) is 0.750. The third-order valence-electron chi connectivity index (χ3n) is 4.04. The summed E-state index contributed by atoms with van der Waals surface area (Å²) in [6.45, 7) is 4.41. The second-order valence-corrected chi connectivity index (χ2v) is 5.14. The van der Waals surface area contributed by atoms with Crippen LogP contribution in [0.5, 0.6) is 0 Å². The highest BCUT2D eigenvalue weighted by atomic mass is 16.4. The van der Waals surface area contributed by atoms with Crippen LogP contribution in [0.1, 0.15) is 33.1 Å². The van der Waals surface area contributed by atoms with Crippen molar-refractivity contribution < 1.29 is 14.8 Å². The van der Waals surface area contributed by atoms with Gasteiger partial charge in [-0.05, 0) is 26.2 Å². The van der Waals surface area contributed by atoms with Crippen molar-refractivity contribution in [1.82, 2.24) is 4.90 Å². The van der Waals surface area contributed by atoms with Crippen LogP contribution in [0.4, 0.5) is 0 Å². The molecule has 2 amide bonds. The van der Waals surface area contributed by atoms with E-state index < -0.39 is 5.41 Å². The average Bonchev–Trinajstić information content (AvgIpc) is 2.44. The maximum Gasteiger partial charge on any atom is 0.236 e. The van der Waals surface area contributed by atoms with Gasteiger partial charge in [-0.3, -0.25) is 9.59 Å². The summed E-state index contributed by atoms with van der Waals surface area (Å²) in [7, 11) is 0. The molecular formula is C12H22N4O3. The summed E-state index contributed by atoms with van der Waals surface area (Å²) in [4.78, 5) is 25.2. The summed E-state index contributed by atoms with van der Waals surface area (Å²) < 4.78 is 0. The first-order valence-electron chi connectivity index (χ1n) is 6.43. The molecule has 0 radical (unpaired) electrons. The molecule has 1 heterocycles. The van der Waals surface area contributed by atoms with E-state index in [2.05, 4.69) is 5.16 Å². The number of likely N-dealkylation sites (tertiary alicyclic amines) is 1. The van der Waals surface area contributed by atoms with Crippen LogP contribution in [0.2, 0.25) is 0 Å². The van der Waals surface area contributed by atoms with E-state index in [9.17, 15) is 9.59 Å². The fourth-order valence-corrected chi connectivity index (χ4v) is 2.27. The molecule has 0 bridgehead atoms. The van der Waals surface area contributed by atoms with Gasteiger partial charge in [-0.1, -0.05) is 12.1 Å². The Bertz CT molecular complexity index is 388. The van der Waals surface area contributed by atoms with Gasteiger partial charge in [0.25, 0.3) is 0 Å². The summed E-state index contributed by atoms with van der Waals surface area (Å²) in [5.41, 5.74) is 9.87. The van der Waals surface area contributed by atoms with Gasteiger partial charge in [0.1, 0.15) is 5.41 Å². The van der Waals surface area contributed by atoms with Crippen LogP contribution in [0.25, 0.3) is 0 Å². The second kappa shape index (κ2) is 5.90. The van der Waals surface area contributed by atoms with Gasteiger partial charge >= 0.3 is 0 Å². The molecule has 5 N–H and O–H groups in total. The highest BCUT2D eigenvalue weighted by molar-refractivity contribution is 6.06. The molecule has 0 aromatic rings. The van der Waals surface area contributed by atoms with E-state index in [-0.39, 0.29) is 23.6 Å². The van der Waals surface area contributed by atoms with Gasteiger partial charge in [0.15, 0.2) is 5.84 Å². The zero-order chi connectivity index (χ0) is 14.6. The topological polar surface area (TPSA) is 122 Å². The molecule has 1 aliphatic rings. The van der Waals surface area contributed by atoms with Crippen molar-refractivity contribution in [3.8, 4) is 0 Å². The minimum absolute atomic E-state index is 0.0861. The predicted octanol–water partition coefficient (Wildman–Crippen LogP) is -0.127. The number of hydrogen-bond acceptors (Lipinski definition) is 4. The number of rotatable bonds is 4. The molecule has 0 spiro atoms. The van der Waals surface area contributed by atoms with Gasteiger partial charge < -0.3 is 21.6 Å². The summed E-state index contributed by atoms with van der Waals surface area (Å²) in [5.74, 6) is -0.743. The summed E-state index contributed by atoms with van der Waals surface area (Å²) in [6.07, 6.45) is 1.57. The van der Waals surface area contributed by atoms with Crippen LogP contribution in [0.15, 0.2) is 5.16 Å². The molecule has 1 saturated heterocycles. The van der Waals surface area contributed by atoms with Crippen molar-refractivity contribution in [2.24, 2.45) is 28.0 Å². The first-order valence-corrected chi connectivity index (χ1v) is 6.43. The lowest BCUT2D eigenvalue weighted by Crippen LogP contribution is -2.52. The number of primary amides is 1. The number of amidine groups is 1. The van der Waals surface area contributed by atoms with Crippen LogP contribution in [0.3, 0.4) is 0 Å². The Morgan fingerprint density at radius 3 is 2.26 bits per heavy atom. The molecule has 1 aliphatic heterocycles. The highest BCUT2D eigenvalue weighted by Crippen LogP contribution is 2.27. The highest BCUT2D eigenvalue weighted by Gasteiger charge is 2.40. The van der Waals surface area contributed by atoms with E-state index >= 15 is 0 Å². The monoisotopic (exact) mass is 270 g/mol. The van der Waals surface area contributed by atoms with Gasteiger partial charge in [0.2, 0.25) is 11.8 Å². The quantitative estimate of drug-likeness (QED) is 0.285. The Morgan fingerprint density at radius 1 is 1.37 bits per heavy atom. The molecule has 0 aromatic carbocycles. The maximum atomic E-state index is 12.5. The predicted molar refractivity (Wildman–Crippen MR) is 70.3 cm³/mol. The van der Waals surface area contributed by atoms with Crippen molar-refractivity contribution >= 4 is 17.6 Å². The first kappa shape index (κ1) is 15.3. The Morgan fingerprint density at radius 2 is 1.89 bits per heavy atom. The van der Waals surface area contributed by atoms with Gasteiger partial charge in [0.05, 0.1) is 0 Å². The van der Waals surface area contributed by atoms with E-state index in [1.54, 1.807) is 11.8 Å². The molecule has 0 aromatic heterocycles. The molecule has 1 fully saturated rings. The normalized spacial score (nSPS) is 20.9. The molecule has 1 rings (SSSR count). The van der Waals surface area contributed by atoms with E-state index in [1.165, 1.54) is 0 Å². The number of carbonyl (C=O) groups is 2. The zero-order valence-corrected chi connectivity index (χ0v) is 11.4. The zero-order valence-electron chi connectivity index (χ0n) is 11.4. The lowest BCUT2D eigenvalue weighted by atomic mass is 9.83. The van der Waals surface area contributed by atoms with E-state index in [4.69, 9.17) is 16.7 Å². The second-order valence-electron chi connectivity index (χ2n) is 5.14. The Hall–Kier alpha value is -1.79. The average molecular weight is 270 g/mol. The standard InChI is InChI=1S/C12H22N4O3/c1-3-12(2,10(14)15-19)11(18)16-6-4-8(5-7-16)9(13)17/h8,19H,3-7H2,1-2H3,(H2,13,17)(H2,14,15). The minimum atomic E-state index is -1.01. The number of carbonyl (C=O) groups excluding carboxylic acids is 2. The third kappa shape index (κ3) is 2.97. The van der Waals surface area contributed by atoms with Crippen LogP contribution >= 0.6 is 0 Å². The summed E-state index contributed by atoms with van der Waals surface area (Å²) in [5, 5.41) is 11.8. The fourth-order valence-electron chi connectivity index (χ4n) is 2.27. The molecular weight excluding hydrogens is 248 g/mol. The van der Waals surface area contributed by atoms with Crippen molar-refractivity contribution in [1.29, 1.82) is 0 Å². The molecule has 1 unspecified atom stereocenters. The third-order valence-corrected chi connectivity index (χ3v) is 4.04. The number of amides is 2. The maximum absolute atomic E-state index is 12.5. The lowest BCUT2D eigenvalue weighted by molar-refractivity contribution is -0.140. The van der Waals surface area contributed by atoms with E-state index in [1.807, 2.05) is 6.92 Å². The number of piperidine rings is 1. The van der Waals surface area contributed by atoms with Crippen LogP contribution in [0, 0.1) is 11.3 Å². The SMILES string of the molecule is CCC(C)(C(=O)N1CCC(C(N)=O)CC1)C(N)=NO. The van der Waals surface area contributed by atoms with Gasteiger partial charge in [0, 0.05) is 19.0 Å². The van der Waals surface area contributed by atoms with E-state index in [0.29, 0.717) is 32.4 Å². The molecule has 19 heavy (non-hydrogen) atoms. The van der Waals surface area contributed by atoms with Gasteiger partial charge in [-0.15, -0.1) is 0 Å². The van der Waals surface area contributed by atoms with Crippen molar-refractivity contribution in [3.05, 3.63) is 0 Å². The Labute approximate surface area is 112 Å². The lowest BCUT2D eigenvalue weighted by Gasteiger charge is -2.36. The molecule has 7 heteroatoms.